The van der Waals surface area contributed by atoms with E-state index in [9.17, 15) is 15.3 Å². The maximum atomic E-state index is 11.2. The summed E-state index contributed by atoms with van der Waals surface area (Å²) in [6.45, 7) is 2.47. The molecular weight excluding hydrogens is 613 g/mol. The molecule has 248 valence electrons. The molecule has 2 unspecified atom stereocenters. The lowest BCUT2D eigenvalue weighted by molar-refractivity contribution is -0.0945. The van der Waals surface area contributed by atoms with E-state index in [2.05, 4.69) is 79.7 Å². The summed E-state index contributed by atoms with van der Waals surface area (Å²) in [4.78, 5) is 0. The highest BCUT2D eigenvalue weighted by molar-refractivity contribution is 5.74. The summed E-state index contributed by atoms with van der Waals surface area (Å²) in [6.07, 6.45) is 5.31. The molecule has 2 atom stereocenters. The second-order valence-corrected chi connectivity index (χ2v) is 15.4. The number of benzene rings is 6. The van der Waals surface area contributed by atoms with Crippen molar-refractivity contribution in [2.75, 3.05) is 0 Å². The molecule has 10 rings (SSSR count). The molecule has 3 heteroatoms. The third-order valence-electron chi connectivity index (χ3n) is 13.0. The molecule has 4 fully saturated rings. The molecule has 3 nitrogen and oxygen atoms in total. The first-order chi connectivity index (χ1) is 24.3. The van der Waals surface area contributed by atoms with Crippen molar-refractivity contribution >= 4 is 0 Å². The smallest absolute Gasteiger partial charge is 0.123 e. The molecule has 0 spiro atoms. The molecule has 0 aromatic heterocycles. The second kappa shape index (κ2) is 11.4. The molecule has 0 saturated heterocycles. The topological polar surface area (TPSA) is 60.7 Å². The quantitative estimate of drug-likeness (QED) is 0.167. The van der Waals surface area contributed by atoms with Crippen LogP contribution in [0.2, 0.25) is 0 Å². The van der Waals surface area contributed by atoms with E-state index in [0.29, 0.717) is 29.1 Å². The molecule has 50 heavy (non-hydrogen) atoms. The first kappa shape index (κ1) is 30.8. The Labute approximate surface area is 294 Å². The minimum absolute atomic E-state index is 0.125. The highest BCUT2D eigenvalue weighted by Gasteiger charge is 2.68. The zero-order valence-corrected chi connectivity index (χ0v) is 28.4. The fourth-order valence-electron chi connectivity index (χ4n) is 10.9. The maximum absolute atomic E-state index is 11.2. The molecule has 4 aliphatic rings. The van der Waals surface area contributed by atoms with E-state index in [4.69, 9.17) is 0 Å². The van der Waals surface area contributed by atoms with E-state index in [-0.39, 0.29) is 16.2 Å². The summed E-state index contributed by atoms with van der Waals surface area (Å²) < 4.78 is 0. The molecule has 6 aromatic carbocycles. The van der Waals surface area contributed by atoms with Crippen LogP contribution in [0.25, 0.3) is 33.4 Å². The molecule has 0 amide bonds. The van der Waals surface area contributed by atoms with Gasteiger partial charge in [0.05, 0.1) is 0 Å². The zero-order chi connectivity index (χ0) is 34.1. The summed E-state index contributed by atoms with van der Waals surface area (Å²) in [5.41, 5.74) is 9.15. The number of hydrogen-bond donors (Lipinski definition) is 3. The lowest BCUT2D eigenvalue weighted by Gasteiger charge is -2.70. The minimum atomic E-state index is -0.147. The SMILES string of the molecule is CC1C2(c3ccc(O)c(-c4ccccc4)c3)CC3CC(c4ccc(O)c(-c5ccccc5)c4)(C2)CC1(c1ccc(O)c(-c2ccccc2)c1)C3. The van der Waals surface area contributed by atoms with Crippen molar-refractivity contribution in [3.05, 3.63) is 162 Å². The highest BCUT2D eigenvalue weighted by Crippen LogP contribution is 2.73. The summed E-state index contributed by atoms with van der Waals surface area (Å²) >= 11 is 0. The van der Waals surface area contributed by atoms with Crippen molar-refractivity contribution in [2.24, 2.45) is 11.8 Å². The Hall–Kier alpha value is -5.28. The fourth-order valence-corrected chi connectivity index (χ4v) is 10.9. The summed E-state index contributed by atoms with van der Waals surface area (Å²) in [6, 6.07) is 49.8. The van der Waals surface area contributed by atoms with Gasteiger partial charge in [-0.1, -0.05) is 116 Å². The largest absolute Gasteiger partial charge is 0.507 e. The Morgan fingerprint density at radius 3 is 1.20 bits per heavy atom. The van der Waals surface area contributed by atoms with E-state index < -0.39 is 0 Å². The molecule has 0 aliphatic heterocycles. The first-order valence-electron chi connectivity index (χ1n) is 18.0. The Morgan fingerprint density at radius 1 is 0.440 bits per heavy atom. The summed E-state index contributed by atoms with van der Waals surface area (Å²) in [5, 5.41) is 33.5. The van der Waals surface area contributed by atoms with E-state index in [1.807, 2.05) is 72.8 Å². The number of phenolic OH excluding ortho intramolecular Hbond substituents is 3. The first-order valence-corrected chi connectivity index (χ1v) is 18.0. The van der Waals surface area contributed by atoms with E-state index in [1.165, 1.54) is 16.7 Å². The lowest BCUT2D eigenvalue weighted by atomic mass is 9.33. The van der Waals surface area contributed by atoms with Gasteiger partial charge in [-0.3, -0.25) is 0 Å². The Morgan fingerprint density at radius 2 is 0.800 bits per heavy atom. The van der Waals surface area contributed by atoms with Gasteiger partial charge in [0.1, 0.15) is 17.2 Å². The molecule has 4 bridgehead atoms. The van der Waals surface area contributed by atoms with Crippen LogP contribution < -0.4 is 0 Å². The predicted octanol–water partition coefficient (Wildman–Crippen LogP) is 11.2. The monoisotopic (exact) mass is 654 g/mol. The zero-order valence-electron chi connectivity index (χ0n) is 28.4. The van der Waals surface area contributed by atoms with Crippen molar-refractivity contribution < 1.29 is 15.3 Å². The van der Waals surface area contributed by atoms with Crippen molar-refractivity contribution in [1.82, 2.24) is 0 Å². The Kier molecular flexibility index (Phi) is 7.00. The third-order valence-corrected chi connectivity index (χ3v) is 13.0. The van der Waals surface area contributed by atoms with Gasteiger partial charge in [-0.15, -0.1) is 0 Å². The molecule has 6 aromatic rings. The lowest BCUT2D eigenvalue weighted by Crippen LogP contribution is -2.66. The van der Waals surface area contributed by atoms with Crippen LogP contribution in [-0.4, -0.2) is 15.3 Å². The van der Waals surface area contributed by atoms with Crippen molar-refractivity contribution in [1.29, 1.82) is 0 Å². The van der Waals surface area contributed by atoms with Crippen LogP contribution in [0.5, 0.6) is 17.2 Å². The van der Waals surface area contributed by atoms with Crippen LogP contribution in [0.15, 0.2) is 146 Å². The van der Waals surface area contributed by atoms with Gasteiger partial charge >= 0.3 is 0 Å². The van der Waals surface area contributed by atoms with Gasteiger partial charge in [-0.25, -0.2) is 0 Å². The van der Waals surface area contributed by atoms with Gasteiger partial charge in [-0.2, -0.15) is 0 Å². The highest BCUT2D eigenvalue weighted by atomic mass is 16.3. The summed E-state index contributed by atoms with van der Waals surface area (Å²) in [7, 11) is 0. The number of hydrogen-bond acceptors (Lipinski definition) is 3. The van der Waals surface area contributed by atoms with Crippen LogP contribution in [-0.2, 0) is 16.2 Å². The van der Waals surface area contributed by atoms with Gasteiger partial charge < -0.3 is 15.3 Å². The molecule has 4 saturated carbocycles. The Balaban J connectivity index is 1.26. The van der Waals surface area contributed by atoms with Gasteiger partial charge in [0.2, 0.25) is 0 Å². The maximum Gasteiger partial charge on any atom is 0.123 e. The molecule has 0 radical (unpaired) electrons. The molecule has 3 N–H and O–H groups in total. The van der Waals surface area contributed by atoms with E-state index >= 15 is 0 Å². The van der Waals surface area contributed by atoms with Crippen LogP contribution in [0.1, 0.15) is 55.7 Å². The Bertz CT molecular complexity index is 2100. The normalized spacial score (nSPS) is 26.6. The van der Waals surface area contributed by atoms with Gasteiger partial charge in [0.15, 0.2) is 0 Å². The second-order valence-electron chi connectivity index (χ2n) is 15.4. The third kappa shape index (κ3) is 4.63. The molecule has 4 aliphatic carbocycles. The fraction of sp³-hybridized carbons (Fsp3) is 0.234. The van der Waals surface area contributed by atoms with Gasteiger partial charge in [0, 0.05) is 16.7 Å². The van der Waals surface area contributed by atoms with Crippen molar-refractivity contribution in [3.8, 4) is 50.6 Å². The number of aromatic hydroxyl groups is 3. The van der Waals surface area contributed by atoms with Gasteiger partial charge in [-0.05, 0) is 130 Å². The molecular formula is C47H42O3. The van der Waals surface area contributed by atoms with Crippen LogP contribution >= 0.6 is 0 Å². The van der Waals surface area contributed by atoms with Crippen LogP contribution in [0, 0.1) is 11.8 Å². The number of phenols is 3. The van der Waals surface area contributed by atoms with Gasteiger partial charge in [0.25, 0.3) is 0 Å². The summed E-state index contributed by atoms with van der Waals surface area (Å²) in [5.74, 6) is 1.70. The number of rotatable bonds is 6. The van der Waals surface area contributed by atoms with Crippen molar-refractivity contribution in [3.63, 3.8) is 0 Å². The van der Waals surface area contributed by atoms with E-state index in [0.717, 1.165) is 65.5 Å². The van der Waals surface area contributed by atoms with E-state index in [1.54, 1.807) is 0 Å². The predicted molar refractivity (Wildman–Crippen MR) is 201 cm³/mol. The average Bonchev–Trinajstić information content (AvgIpc) is 3.15. The minimum Gasteiger partial charge on any atom is -0.507 e. The van der Waals surface area contributed by atoms with Crippen molar-refractivity contribution in [2.45, 2.75) is 55.3 Å². The molecule has 0 heterocycles. The van der Waals surface area contributed by atoms with Crippen LogP contribution in [0.4, 0.5) is 0 Å². The average molecular weight is 655 g/mol. The van der Waals surface area contributed by atoms with Crippen LogP contribution in [0.3, 0.4) is 0 Å². The standard InChI is InChI=1S/C47H42O3/c1-31-46(37-18-21-43(49)40(24-37)34-13-7-3-8-14-34)27-32-26-45(29-46,36-17-20-42(48)39(23-36)33-11-5-2-6-12-33)30-47(31,28-32)38-19-22-44(50)41(25-38)35-15-9-4-10-16-35/h2-25,31-32,48-50H,26-30H2,1H3.